The van der Waals surface area contributed by atoms with Crippen LogP contribution in [0.1, 0.15) is 43.5 Å². The summed E-state index contributed by atoms with van der Waals surface area (Å²) in [5.74, 6) is 0.926. The molecule has 1 N–H and O–H groups in total. The number of nitrogens with zero attached hydrogens (tertiary/aromatic N) is 4. The van der Waals surface area contributed by atoms with Crippen LogP contribution in [0, 0.1) is 0 Å². The molecule has 1 aliphatic carbocycles. The summed E-state index contributed by atoms with van der Waals surface area (Å²) < 4.78 is 3.35. The third-order valence-electron chi connectivity index (χ3n) is 6.55. The van der Waals surface area contributed by atoms with Gasteiger partial charge in [-0.25, -0.2) is 9.48 Å². The molecule has 7 nitrogen and oxygen atoms in total. The van der Waals surface area contributed by atoms with Crippen LogP contribution in [0.3, 0.4) is 0 Å². The number of hydrogen-bond acceptors (Lipinski definition) is 4. The molecule has 1 saturated carbocycles. The first-order chi connectivity index (χ1) is 14.4. The third-order valence-corrected chi connectivity index (χ3v) is 6.80. The lowest BCUT2D eigenvalue weighted by atomic mass is 9.63. The van der Waals surface area contributed by atoms with Gasteiger partial charge in [-0.3, -0.25) is 9.36 Å². The van der Waals surface area contributed by atoms with E-state index in [1.54, 1.807) is 9.25 Å². The van der Waals surface area contributed by atoms with Gasteiger partial charge in [0.05, 0.1) is 12.0 Å². The maximum absolute atomic E-state index is 13.3. The van der Waals surface area contributed by atoms with Gasteiger partial charge in [-0.1, -0.05) is 30.2 Å². The molecule has 162 valence electrons. The van der Waals surface area contributed by atoms with Crippen molar-refractivity contribution in [2.24, 2.45) is 0 Å². The molecular weight excluding hydrogens is 402 g/mol. The molecule has 2 aliphatic rings. The van der Waals surface area contributed by atoms with Crippen molar-refractivity contribution in [1.82, 2.24) is 24.6 Å². The minimum absolute atomic E-state index is 0.0459. The van der Waals surface area contributed by atoms with Gasteiger partial charge in [0.2, 0.25) is 5.91 Å². The van der Waals surface area contributed by atoms with Crippen LogP contribution >= 0.6 is 11.6 Å². The number of fused-ring (bicyclic) bond motifs is 1. The molecule has 1 amide bonds. The predicted octanol–water partition coefficient (Wildman–Crippen LogP) is 2.20. The van der Waals surface area contributed by atoms with Crippen molar-refractivity contribution >= 4 is 17.5 Å². The highest BCUT2D eigenvalue weighted by Crippen LogP contribution is 2.44. The van der Waals surface area contributed by atoms with Crippen molar-refractivity contribution < 1.29 is 4.79 Å². The van der Waals surface area contributed by atoms with Gasteiger partial charge >= 0.3 is 5.69 Å². The fourth-order valence-electron chi connectivity index (χ4n) is 4.48. The summed E-state index contributed by atoms with van der Waals surface area (Å²) in [6.45, 7) is 1.96. The van der Waals surface area contributed by atoms with Gasteiger partial charge in [0.25, 0.3) is 0 Å². The molecule has 0 saturated heterocycles. The van der Waals surface area contributed by atoms with Gasteiger partial charge in [-0.2, -0.15) is 5.10 Å². The molecule has 0 bridgehead atoms. The normalized spacial score (nSPS) is 20.3. The number of carbonyl (C=O) groups is 1. The second kappa shape index (κ2) is 8.55. The van der Waals surface area contributed by atoms with Gasteiger partial charge in [0.1, 0.15) is 5.82 Å². The zero-order valence-corrected chi connectivity index (χ0v) is 18.5. The number of likely N-dealkylation sites (N-methyl/N-ethyl adjacent to an activating group) is 1. The number of nitrogens with one attached hydrogen (secondary N) is 1. The van der Waals surface area contributed by atoms with Crippen molar-refractivity contribution in [3.63, 3.8) is 0 Å². The van der Waals surface area contributed by atoms with E-state index >= 15 is 0 Å². The fraction of sp³-hybridized carbons (Fsp3) is 0.591. The molecule has 0 radical (unpaired) electrons. The van der Waals surface area contributed by atoms with Crippen molar-refractivity contribution in [1.29, 1.82) is 0 Å². The highest BCUT2D eigenvalue weighted by molar-refractivity contribution is 6.30. The topological polar surface area (TPSA) is 72.2 Å². The second-order valence-corrected chi connectivity index (χ2v) is 9.25. The van der Waals surface area contributed by atoms with Crippen molar-refractivity contribution in [2.45, 2.75) is 63.1 Å². The Morgan fingerprint density at radius 2 is 2.00 bits per heavy atom. The molecule has 1 aromatic heterocycles. The third kappa shape index (κ3) is 4.05. The zero-order chi connectivity index (χ0) is 21.3. The lowest BCUT2D eigenvalue weighted by Gasteiger charge is -2.41. The first-order valence-corrected chi connectivity index (χ1v) is 11.1. The Morgan fingerprint density at radius 3 is 2.63 bits per heavy atom. The Hall–Kier alpha value is -2.12. The summed E-state index contributed by atoms with van der Waals surface area (Å²) in [5.41, 5.74) is 0.556. The maximum Gasteiger partial charge on any atom is 0.345 e. The van der Waals surface area contributed by atoms with E-state index in [2.05, 4.69) is 10.4 Å². The summed E-state index contributed by atoms with van der Waals surface area (Å²) in [6.07, 6.45) is 5.03. The fourth-order valence-corrected chi connectivity index (χ4v) is 4.61. The van der Waals surface area contributed by atoms with Crippen LogP contribution in [-0.4, -0.2) is 51.8 Å². The lowest BCUT2D eigenvalue weighted by Crippen LogP contribution is -2.52. The molecule has 8 heteroatoms. The van der Waals surface area contributed by atoms with Gasteiger partial charge in [-0.05, 0) is 57.5 Å². The molecule has 2 aromatic rings. The number of benzene rings is 1. The lowest BCUT2D eigenvalue weighted by molar-refractivity contribution is -0.130. The summed E-state index contributed by atoms with van der Waals surface area (Å²) in [5, 5.41) is 8.51. The van der Waals surface area contributed by atoms with Crippen LogP contribution in [0.4, 0.5) is 0 Å². The van der Waals surface area contributed by atoms with Gasteiger partial charge in [0.15, 0.2) is 0 Å². The Kier molecular flexibility index (Phi) is 6.02. The number of amides is 1. The zero-order valence-electron chi connectivity index (χ0n) is 17.7. The Labute approximate surface area is 182 Å². The molecule has 0 spiro atoms. The van der Waals surface area contributed by atoms with Crippen molar-refractivity contribution in [2.75, 3.05) is 20.6 Å². The van der Waals surface area contributed by atoms with E-state index in [0.29, 0.717) is 24.5 Å². The number of carbonyl (C=O) groups excluding carboxylic acids is 1. The highest BCUT2D eigenvalue weighted by Gasteiger charge is 2.46. The maximum atomic E-state index is 13.3. The molecule has 1 fully saturated rings. The van der Waals surface area contributed by atoms with Gasteiger partial charge in [-0.15, -0.1) is 0 Å². The Balaban J connectivity index is 1.42. The molecule has 1 aromatic carbocycles. The van der Waals surface area contributed by atoms with E-state index in [-0.39, 0.29) is 17.6 Å². The minimum Gasteiger partial charge on any atom is -0.353 e. The Morgan fingerprint density at radius 1 is 1.27 bits per heavy atom. The number of rotatable bonds is 6. The molecule has 30 heavy (non-hydrogen) atoms. The molecule has 2 heterocycles. The van der Waals surface area contributed by atoms with Crippen molar-refractivity contribution in [3.05, 3.63) is 51.2 Å². The largest absolute Gasteiger partial charge is 0.353 e. The van der Waals surface area contributed by atoms with E-state index in [9.17, 15) is 9.59 Å². The van der Waals surface area contributed by atoms with Gasteiger partial charge < -0.3 is 10.2 Å². The minimum atomic E-state index is -0.441. The summed E-state index contributed by atoms with van der Waals surface area (Å²) in [7, 11) is 3.97. The van der Waals surface area contributed by atoms with Crippen LogP contribution in [-0.2, 0) is 29.7 Å². The number of halogens is 1. The van der Waals surface area contributed by atoms with Crippen LogP contribution in [0.25, 0.3) is 0 Å². The first kappa shape index (κ1) is 21.1. The number of aromatic nitrogens is 3. The molecule has 1 unspecified atom stereocenters. The average Bonchev–Trinajstić information content (AvgIpc) is 2.83. The molecular formula is C22H30ClN5O2. The van der Waals surface area contributed by atoms with E-state index < -0.39 is 5.41 Å². The van der Waals surface area contributed by atoms with Gasteiger partial charge in [0, 0.05) is 30.6 Å². The summed E-state index contributed by atoms with van der Waals surface area (Å²) >= 11 is 6.03. The SMILES string of the molecule is CN(C)CCn1nc2n(c1=O)CCC(NC(=O)C1(c3ccc(Cl)cc3)CCC1)CC2. The summed E-state index contributed by atoms with van der Waals surface area (Å²) in [6, 6.07) is 7.71. The van der Waals surface area contributed by atoms with Crippen LogP contribution in [0.2, 0.25) is 5.02 Å². The Bertz CT molecular complexity index is 959. The van der Waals surface area contributed by atoms with Crippen LogP contribution in [0.15, 0.2) is 29.1 Å². The quantitative estimate of drug-likeness (QED) is 0.761. The van der Waals surface area contributed by atoms with E-state index in [0.717, 1.165) is 50.0 Å². The molecule has 1 atom stereocenters. The van der Waals surface area contributed by atoms with E-state index in [1.807, 2.05) is 43.3 Å². The average molecular weight is 432 g/mol. The van der Waals surface area contributed by atoms with E-state index in [4.69, 9.17) is 11.6 Å². The summed E-state index contributed by atoms with van der Waals surface area (Å²) in [4.78, 5) is 28.0. The van der Waals surface area contributed by atoms with E-state index in [1.165, 1.54) is 0 Å². The second-order valence-electron chi connectivity index (χ2n) is 8.82. The van der Waals surface area contributed by atoms with Crippen LogP contribution in [0.5, 0.6) is 0 Å². The van der Waals surface area contributed by atoms with Crippen molar-refractivity contribution in [3.8, 4) is 0 Å². The highest BCUT2D eigenvalue weighted by atomic mass is 35.5. The number of aryl methyl sites for hydroxylation is 1. The standard InChI is InChI=1S/C22H30ClN5O2/c1-26(2)14-15-28-21(30)27-13-10-18(8-9-19(27)25-28)24-20(29)22(11-3-12-22)16-4-6-17(23)7-5-16/h4-7,18H,3,8-15H2,1-2H3,(H,24,29). The predicted molar refractivity (Wildman–Crippen MR) is 117 cm³/mol. The van der Waals surface area contributed by atoms with Crippen LogP contribution < -0.4 is 11.0 Å². The first-order valence-electron chi connectivity index (χ1n) is 10.8. The molecule has 4 rings (SSSR count). The number of hydrogen-bond donors (Lipinski definition) is 1. The molecule has 1 aliphatic heterocycles. The monoisotopic (exact) mass is 431 g/mol. The smallest absolute Gasteiger partial charge is 0.345 e.